The Balaban J connectivity index is 0.000000187. The van der Waals surface area contributed by atoms with Crippen LogP contribution in [0.2, 0.25) is 0 Å². The smallest absolute Gasteiger partial charge is 0.0267 e. The summed E-state index contributed by atoms with van der Waals surface area (Å²) in [6.45, 7) is 0. The van der Waals surface area contributed by atoms with E-state index in [1.165, 1.54) is 0 Å². The zero-order valence-corrected chi connectivity index (χ0v) is 9.13. The average Bonchev–Trinajstić information content (AvgIpc) is 1.93. The third kappa shape index (κ3) is 8.77. The van der Waals surface area contributed by atoms with Crippen molar-refractivity contribution in [2.45, 2.75) is 0 Å². The van der Waals surface area contributed by atoms with Crippen molar-refractivity contribution in [2.75, 3.05) is 0 Å². The summed E-state index contributed by atoms with van der Waals surface area (Å²) in [5, 5.41) is 0. The number of hydrogen-bond donors (Lipinski definition) is 0. The van der Waals surface area contributed by atoms with Crippen LogP contribution in [-0.2, 0) is 13.9 Å². The summed E-state index contributed by atoms with van der Waals surface area (Å²) in [5.41, 5.74) is 0. The first-order valence-corrected chi connectivity index (χ1v) is 9.20. The van der Waals surface area contributed by atoms with Crippen LogP contribution in [-0.4, -0.2) is 4.98 Å². The molecule has 4 heteroatoms. The van der Waals surface area contributed by atoms with E-state index in [1.54, 1.807) is 12.4 Å². The van der Waals surface area contributed by atoms with Gasteiger partial charge in [-0.1, -0.05) is 6.07 Å². The third-order valence-corrected chi connectivity index (χ3v) is 0.566. The molecular formula is C5H5Br2NPd. The first-order chi connectivity index (χ1) is 4.41. The Hall–Kier alpha value is 0.772. The number of rotatable bonds is 0. The number of pyridine rings is 1. The van der Waals surface area contributed by atoms with E-state index in [-0.39, 0.29) is 0 Å². The van der Waals surface area contributed by atoms with Crippen LogP contribution in [0.1, 0.15) is 0 Å². The Morgan fingerprint density at radius 1 is 1.00 bits per heavy atom. The normalized spacial score (nSPS) is 7.78. The predicted octanol–water partition coefficient (Wildman–Crippen LogP) is 2.77. The molecule has 0 aliphatic heterocycles. The molecule has 0 amide bonds. The van der Waals surface area contributed by atoms with Crippen molar-refractivity contribution in [3.05, 3.63) is 30.6 Å². The molecule has 54 valence electrons. The molecule has 0 atom stereocenters. The molecule has 1 heterocycles. The van der Waals surface area contributed by atoms with Crippen LogP contribution in [0.4, 0.5) is 0 Å². The summed E-state index contributed by atoms with van der Waals surface area (Å²) in [6, 6.07) is 5.72. The monoisotopic (exact) mass is 343 g/mol. The van der Waals surface area contributed by atoms with Crippen LogP contribution in [0.5, 0.6) is 0 Å². The van der Waals surface area contributed by atoms with Crippen LogP contribution in [0.3, 0.4) is 0 Å². The van der Waals surface area contributed by atoms with E-state index in [4.69, 9.17) is 0 Å². The van der Waals surface area contributed by atoms with Gasteiger partial charge in [0.2, 0.25) is 0 Å². The molecule has 1 aromatic rings. The fourth-order valence-corrected chi connectivity index (χ4v) is 0.313. The molecule has 1 aromatic heterocycles. The summed E-state index contributed by atoms with van der Waals surface area (Å²) in [5.74, 6) is 0. The van der Waals surface area contributed by atoms with Crippen molar-refractivity contribution in [1.82, 2.24) is 4.98 Å². The van der Waals surface area contributed by atoms with E-state index in [0.717, 1.165) is 0 Å². The Morgan fingerprint density at radius 3 is 1.56 bits per heavy atom. The fraction of sp³-hybridized carbons (Fsp3) is 0. The van der Waals surface area contributed by atoms with Crippen molar-refractivity contribution < 1.29 is 13.9 Å². The summed E-state index contributed by atoms with van der Waals surface area (Å²) in [6.07, 6.45) is 3.50. The Bertz CT molecular complexity index is 97.8. The Morgan fingerprint density at radius 2 is 1.44 bits per heavy atom. The SMILES string of the molecule is [Br][Pd][Br].c1ccncc1. The second-order valence-electron chi connectivity index (χ2n) is 1.07. The number of nitrogens with zero attached hydrogens (tertiary/aromatic N) is 1. The van der Waals surface area contributed by atoms with Gasteiger partial charge < -0.3 is 0 Å². The molecule has 0 bridgehead atoms. The largest absolute Gasteiger partial charge is 0.265 e. The van der Waals surface area contributed by atoms with Gasteiger partial charge in [-0.3, -0.25) is 4.98 Å². The Labute approximate surface area is 75.9 Å². The standard InChI is InChI=1S/C5H5N.2BrH.Pd/c1-2-4-6-5-3-1;;;/h1-5H;2*1H;/q;;;+2/p-2. The molecule has 0 saturated carbocycles. The molecule has 0 N–H and O–H groups in total. The van der Waals surface area contributed by atoms with E-state index < -0.39 is 0 Å². The zero-order valence-electron chi connectivity index (χ0n) is 4.41. The summed E-state index contributed by atoms with van der Waals surface area (Å²) in [7, 11) is 0. The molecule has 1 rings (SSSR count). The van der Waals surface area contributed by atoms with Gasteiger partial charge in [-0.05, 0) is 12.1 Å². The van der Waals surface area contributed by atoms with Gasteiger partial charge in [0.1, 0.15) is 0 Å². The van der Waals surface area contributed by atoms with Crippen LogP contribution < -0.4 is 0 Å². The van der Waals surface area contributed by atoms with Crippen molar-refractivity contribution in [1.29, 1.82) is 0 Å². The molecule has 0 unspecified atom stereocenters. The predicted molar refractivity (Wildman–Crippen MR) is 42.1 cm³/mol. The number of halogens is 2. The molecular weight excluding hydrogens is 340 g/mol. The van der Waals surface area contributed by atoms with Gasteiger partial charge in [-0.2, -0.15) is 0 Å². The topological polar surface area (TPSA) is 12.9 Å². The minimum Gasteiger partial charge on any atom is -0.265 e. The molecule has 0 fully saturated rings. The van der Waals surface area contributed by atoms with E-state index >= 15 is 0 Å². The maximum absolute atomic E-state index is 3.78. The van der Waals surface area contributed by atoms with E-state index in [1.807, 2.05) is 18.2 Å². The molecule has 1 nitrogen and oxygen atoms in total. The average molecular weight is 345 g/mol. The molecule has 0 aliphatic rings. The number of aromatic nitrogens is 1. The van der Waals surface area contributed by atoms with Crippen LogP contribution in [0.25, 0.3) is 0 Å². The minimum atomic E-state index is 0.575. The van der Waals surface area contributed by atoms with Crippen molar-refractivity contribution in [3.63, 3.8) is 0 Å². The molecule has 0 radical (unpaired) electrons. The van der Waals surface area contributed by atoms with Gasteiger partial charge in [0, 0.05) is 12.4 Å². The maximum atomic E-state index is 3.78. The first kappa shape index (κ1) is 9.77. The van der Waals surface area contributed by atoms with Crippen LogP contribution >= 0.6 is 26.9 Å². The molecule has 0 saturated heterocycles. The van der Waals surface area contributed by atoms with Gasteiger partial charge >= 0.3 is 40.8 Å². The molecule has 9 heavy (non-hydrogen) atoms. The third-order valence-electron chi connectivity index (χ3n) is 0.566. The first-order valence-electron chi connectivity index (χ1n) is 2.09. The molecule has 0 spiro atoms. The second-order valence-corrected chi connectivity index (χ2v) is 8.24. The molecule has 0 aromatic carbocycles. The van der Waals surface area contributed by atoms with Crippen molar-refractivity contribution in [3.8, 4) is 0 Å². The quantitative estimate of drug-likeness (QED) is 0.659. The van der Waals surface area contributed by atoms with Gasteiger partial charge in [-0.25, -0.2) is 0 Å². The maximum Gasteiger partial charge on any atom is 0.0267 e. The number of hydrogen-bond acceptors (Lipinski definition) is 1. The fourth-order valence-electron chi connectivity index (χ4n) is 0.313. The minimum absolute atomic E-state index is 0.575. The van der Waals surface area contributed by atoms with Crippen LogP contribution in [0, 0.1) is 0 Å². The Kier molecular flexibility index (Phi) is 9.53. The van der Waals surface area contributed by atoms with Crippen LogP contribution in [0.15, 0.2) is 30.6 Å². The summed E-state index contributed by atoms with van der Waals surface area (Å²) < 4.78 is 0. The summed E-state index contributed by atoms with van der Waals surface area (Å²) in [4.78, 5) is 3.78. The second kappa shape index (κ2) is 8.77. The van der Waals surface area contributed by atoms with E-state index in [2.05, 4.69) is 31.8 Å². The summed E-state index contributed by atoms with van der Waals surface area (Å²) >= 11 is 6.80. The van der Waals surface area contributed by atoms with Gasteiger partial charge in [0.05, 0.1) is 0 Å². The van der Waals surface area contributed by atoms with Crippen molar-refractivity contribution >= 4 is 26.9 Å². The van der Waals surface area contributed by atoms with E-state index in [0.29, 0.717) is 13.9 Å². The zero-order chi connectivity index (χ0) is 6.95. The van der Waals surface area contributed by atoms with E-state index in [9.17, 15) is 0 Å². The van der Waals surface area contributed by atoms with Gasteiger partial charge in [0.15, 0.2) is 0 Å². The van der Waals surface area contributed by atoms with Gasteiger partial charge in [0.25, 0.3) is 0 Å². The molecule has 0 aliphatic carbocycles. The van der Waals surface area contributed by atoms with Crippen molar-refractivity contribution in [2.24, 2.45) is 0 Å². The van der Waals surface area contributed by atoms with Gasteiger partial charge in [-0.15, -0.1) is 0 Å².